The fourth-order valence-corrected chi connectivity index (χ4v) is 2.82. The molecule has 2 aromatic carbocycles. The Morgan fingerprint density at radius 2 is 1.79 bits per heavy atom. The highest BCUT2D eigenvalue weighted by Crippen LogP contribution is 2.30. The van der Waals surface area contributed by atoms with Crippen molar-refractivity contribution in [3.05, 3.63) is 48.0 Å². The van der Waals surface area contributed by atoms with Crippen molar-refractivity contribution in [2.75, 3.05) is 5.32 Å². The first kappa shape index (κ1) is 16.2. The summed E-state index contributed by atoms with van der Waals surface area (Å²) in [5.74, 6) is 1.56. The summed E-state index contributed by atoms with van der Waals surface area (Å²) in [4.78, 5) is 9.39. The molecule has 1 heterocycles. The molecular weight excluding hydrogens is 298 g/mol. The minimum Gasteiger partial charge on any atom is -0.507 e. The maximum absolute atomic E-state index is 10.2. The lowest BCUT2D eigenvalue weighted by atomic mass is 10.1. The Kier molecular flexibility index (Phi) is 4.65. The lowest BCUT2D eigenvalue weighted by Gasteiger charge is -2.18. The Hall–Kier alpha value is -2.62. The Morgan fingerprint density at radius 3 is 2.50 bits per heavy atom. The quantitative estimate of drug-likeness (QED) is 0.701. The molecule has 0 saturated heterocycles. The number of para-hydroxylation sites is 1. The largest absolute Gasteiger partial charge is 0.507 e. The first-order valence-electron chi connectivity index (χ1n) is 8.45. The second-order valence-electron chi connectivity index (χ2n) is 6.09. The highest BCUT2D eigenvalue weighted by Gasteiger charge is 2.14. The third kappa shape index (κ3) is 3.18. The predicted octanol–water partition coefficient (Wildman–Crippen LogP) is 4.91. The van der Waals surface area contributed by atoms with E-state index in [4.69, 9.17) is 4.98 Å². The van der Waals surface area contributed by atoms with Gasteiger partial charge in [0, 0.05) is 11.4 Å². The number of benzene rings is 2. The van der Waals surface area contributed by atoms with Gasteiger partial charge < -0.3 is 10.4 Å². The van der Waals surface area contributed by atoms with Gasteiger partial charge in [-0.05, 0) is 49.6 Å². The molecular formula is C20H23N3O. The Balaban J connectivity index is 2.19. The van der Waals surface area contributed by atoms with Crippen LogP contribution < -0.4 is 5.32 Å². The van der Waals surface area contributed by atoms with Gasteiger partial charge >= 0.3 is 0 Å². The number of anilines is 1. The molecule has 0 atom stereocenters. The Bertz CT molecular complexity index is 857. The van der Waals surface area contributed by atoms with E-state index in [0.717, 1.165) is 35.1 Å². The standard InChI is InChI=1S/C20H23N3O/c1-4-14(5-2)21-19-15-11-10-13(3)12-17(15)22-20(23-19)16-8-6-7-9-18(16)24/h6-12,14,24H,4-5H2,1-3H3,(H,21,22,23). The number of hydrogen-bond donors (Lipinski definition) is 2. The molecule has 3 rings (SSSR count). The second-order valence-corrected chi connectivity index (χ2v) is 6.09. The molecule has 2 N–H and O–H groups in total. The molecule has 0 bridgehead atoms. The van der Waals surface area contributed by atoms with Crippen LogP contribution in [0.25, 0.3) is 22.3 Å². The summed E-state index contributed by atoms with van der Waals surface area (Å²) in [6, 6.07) is 13.7. The molecule has 0 aliphatic heterocycles. The summed E-state index contributed by atoms with van der Waals surface area (Å²) < 4.78 is 0. The van der Waals surface area contributed by atoms with E-state index >= 15 is 0 Å². The van der Waals surface area contributed by atoms with Gasteiger partial charge in [0.25, 0.3) is 0 Å². The lowest BCUT2D eigenvalue weighted by Crippen LogP contribution is -2.18. The van der Waals surface area contributed by atoms with Gasteiger partial charge in [-0.1, -0.05) is 32.0 Å². The van der Waals surface area contributed by atoms with Crippen LogP contribution in [0.3, 0.4) is 0 Å². The number of aryl methyl sites for hydroxylation is 1. The molecule has 0 saturated carbocycles. The van der Waals surface area contributed by atoms with E-state index in [1.54, 1.807) is 12.1 Å². The van der Waals surface area contributed by atoms with Gasteiger partial charge in [0.1, 0.15) is 11.6 Å². The van der Waals surface area contributed by atoms with Crippen LogP contribution in [0.15, 0.2) is 42.5 Å². The number of nitrogens with one attached hydrogen (secondary N) is 1. The van der Waals surface area contributed by atoms with Crippen molar-refractivity contribution in [1.29, 1.82) is 0 Å². The molecule has 1 aromatic heterocycles. The third-order valence-corrected chi connectivity index (χ3v) is 4.32. The van der Waals surface area contributed by atoms with E-state index < -0.39 is 0 Å². The number of phenols is 1. The minimum absolute atomic E-state index is 0.193. The predicted molar refractivity (Wildman–Crippen MR) is 99.4 cm³/mol. The van der Waals surface area contributed by atoms with Crippen molar-refractivity contribution < 1.29 is 5.11 Å². The maximum atomic E-state index is 10.2. The third-order valence-electron chi connectivity index (χ3n) is 4.32. The van der Waals surface area contributed by atoms with Crippen LogP contribution >= 0.6 is 0 Å². The van der Waals surface area contributed by atoms with Crippen LogP contribution in [0.1, 0.15) is 32.3 Å². The fraction of sp³-hybridized carbons (Fsp3) is 0.300. The van der Waals surface area contributed by atoms with Crippen molar-refractivity contribution >= 4 is 16.7 Å². The molecule has 0 aliphatic rings. The topological polar surface area (TPSA) is 58.0 Å². The molecule has 0 amide bonds. The summed E-state index contributed by atoms with van der Waals surface area (Å²) in [6.45, 7) is 6.38. The van der Waals surface area contributed by atoms with Crippen LogP contribution in [0.4, 0.5) is 5.82 Å². The number of fused-ring (bicyclic) bond motifs is 1. The molecule has 24 heavy (non-hydrogen) atoms. The zero-order valence-electron chi connectivity index (χ0n) is 14.4. The summed E-state index contributed by atoms with van der Waals surface area (Å²) in [5.41, 5.74) is 2.68. The monoisotopic (exact) mass is 321 g/mol. The highest BCUT2D eigenvalue weighted by molar-refractivity contribution is 5.91. The molecule has 3 aromatic rings. The van der Waals surface area contributed by atoms with Crippen molar-refractivity contribution in [2.24, 2.45) is 0 Å². The van der Waals surface area contributed by atoms with Crippen LogP contribution in [0.2, 0.25) is 0 Å². The van der Waals surface area contributed by atoms with E-state index in [1.165, 1.54) is 0 Å². The van der Waals surface area contributed by atoms with Gasteiger partial charge in [0.05, 0.1) is 11.1 Å². The zero-order chi connectivity index (χ0) is 17.1. The van der Waals surface area contributed by atoms with E-state index in [0.29, 0.717) is 17.4 Å². The first-order valence-corrected chi connectivity index (χ1v) is 8.45. The molecule has 0 spiro atoms. The molecule has 0 fully saturated rings. The van der Waals surface area contributed by atoms with Gasteiger partial charge in [-0.25, -0.2) is 9.97 Å². The number of aromatic nitrogens is 2. The summed E-state index contributed by atoms with van der Waals surface area (Å²) >= 11 is 0. The summed E-state index contributed by atoms with van der Waals surface area (Å²) in [6.07, 6.45) is 2.06. The maximum Gasteiger partial charge on any atom is 0.165 e. The molecule has 0 unspecified atom stereocenters. The van der Waals surface area contributed by atoms with Crippen LogP contribution in [0, 0.1) is 6.92 Å². The van der Waals surface area contributed by atoms with Gasteiger partial charge in [0.2, 0.25) is 0 Å². The Morgan fingerprint density at radius 1 is 1.04 bits per heavy atom. The normalized spacial score (nSPS) is 11.2. The van der Waals surface area contributed by atoms with Gasteiger partial charge in [-0.15, -0.1) is 0 Å². The molecule has 0 radical (unpaired) electrons. The van der Waals surface area contributed by atoms with Gasteiger partial charge in [-0.2, -0.15) is 0 Å². The highest BCUT2D eigenvalue weighted by atomic mass is 16.3. The number of rotatable bonds is 5. The summed E-state index contributed by atoms with van der Waals surface area (Å²) in [7, 11) is 0. The van der Waals surface area contributed by atoms with Crippen molar-refractivity contribution in [3.8, 4) is 17.1 Å². The smallest absolute Gasteiger partial charge is 0.165 e. The number of nitrogens with zero attached hydrogens (tertiary/aromatic N) is 2. The number of aromatic hydroxyl groups is 1. The molecule has 4 nitrogen and oxygen atoms in total. The van der Waals surface area contributed by atoms with E-state index in [-0.39, 0.29) is 5.75 Å². The van der Waals surface area contributed by atoms with E-state index in [9.17, 15) is 5.11 Å². The van der Waals surface area contributed by atoms with Crippen LogP contribution in [-0.2, 0) is 0 Å². The van der Waals surface area contributed by atoms with Crippen LogP contribution in [-0.4, -0.2) is 21.1 Å². The average Bonchev–Trinajstić information content (AvgIpc) is 2.59. The first-order chi connectivity index (χ1) is 11.6. The number of hydrogen-bond acceptors (Lipinski definition) is 4. The van der Waals surface area contributed by atoms with Crippen molar-refractivity contribution in [3.63, 3.8) is 0 Å². The minimum atomic E-state index is 0.193. The van der Waals surface area contributed by atoms with Crippen molar-refractivity contribution in [1.82, 2.24) is 9.97 Å². The second kappa shape index (κ2) is 6.87. The van der Waals surface area contributed by atoms with Gasteiger partial charge in [-0.3, -0.25) is 0 Å². The lowest BCUT2D eigenvalue weighted by molar-refractivity contribution is 0.477. The molecule has 0 aliphatic carbocycles. The number of phenolic OH excluding ortho intramolecular Hbond substituents is 1. The van der Waals surface area contributed by atoms with Crippen LogP contribution in [0.5, 0.6) is 5.75 Å². The SMILES string of the molecule is CCC(CC)Nc1nc(-c2ccccc2O)nc2cc(C)ccc12. The van der Waals surface area contributed by atoms with E-state index in [2.05, 4.69) is 49.3 Å². The molecule has 4 heteroatoms. The summed E-state index contributed by atoms with van der Waals surface area (Å²) in [5, 5.41) is 14.7. The van der Waals surface area contributed by atoms with Gasteiger partial charge in [0.15, 0.2) is 5.82 Å². The fourth-order valence-electron chi connectivity index (χ4n) is 2.82. The van der Waals surface area contributed by atoms with E-state index in [1.807, 2.05) is 12.1 Å². The Labute approximate surface area is 142 Å². The zero-order valence-corrected chi connectivity index (χ0v) is 14.4. The van der Waals surface area contributed by atoms with Crippen molar-refractivity contribution in [2.45, 2.75) is 39.7 Å². The molecule has 124 valence electrons. The average molecular weight is 321 g/mol.